The standard InChI is InChI=1S/C19H30O4/c1-5-9-12-13(10-6-2)15-11-14(12)16(18(20)22-7-3)17(15)19(21)23-8-4/h14-17H,5-11H2,1-4H3. The largest absolute Gasteiger partial charge is 0.466 e. The SMILES string of the molecule is CCCC1=C(CCC)C2CC1C(C(=O)OCC)C2C(=O)OCC. The highest BCUT2D eigenvalue weighted by Crippen LogP contribution is 2.58. The molecular weight excluding hydrogens is 292 g/mol. The van der Waals surface area contributed by atoms with E-state index in [2.05, 4.69) is 13.8 Å². The van der Waals surface area contributed by atoms with Crippen molar-refractivity contribution in [3.05, 3.63) is 11.1 Å². The van der Waals surface area contributed by atoms with Crippen molar-refractivity contribution in [2.75, 3.05) is 13.2 Å². The molecule has 2 rings (SSSR count). The lowest BCUT2D eigenvalue weighted by atomic mass is 9.73. The average molecular weight is 322 g/mol. The second kappa shape index (κ2) is 7.98. The van der Waals surface area contributed by atoms with Crippen LogP contribution in [0.4, 0.5) is 0 Å². The lowest BCUT2D eigenvalue weighted by Gasteiger charge is -2.31. The Morgan fingerprint density at radius 1 is 0.826 bits per heavy atom. The van der Waals surface area contributed by atoms with Crippen molar-refractivity contribution in [1.82, 2.24) is 0 Å². The lowest BCUT2D eigenvalue weighted by Crippen LogP contribution is -2.38. The summed E-state index contributed by atoms with van der Waals surface area (Å²) in [5.41, 5.74) is 2.86. The molecule has 4 nitrogen and oxygen atoms in total. The Bertz CT molecular complexity index is 438. The third-order valence-electron chi connectivity index (χ3n) is 5.23. The molecule has 1 saturated carbocycles. The molecule has 0 N–H and O–H groups in total. The Labute approximate surface area is 139 Å². The number of carbonyl (C=O) groups is 2. The Kier molecular flexibility index (Phi) is 6.25. The van der Waals surface area contributed by atoms with Gasteiger partial charge in [-0.15, -0.1) is 0 Å². The third-order valence-corrected chi connectivity index (χ3v) is 5.23. The van der Waals surface area contributed by atoms with E-state index in [0.29, 0.717) is 13.2 Å². The number of fused-ring (bicyclic) bond motifs is 2. The minimum Gasteiger partial charge on any atom is -0.466 e. The van der Waals surface area contributed by atoms with Crippen LogP contribution in [-0.2, 0) is 19.1 Å². The van der Waals surface area contributed by atoms with Crippen LogP contribution in [0.25, 0.3) is 0 Å². The molecule has 4 unspecified atom stereocenters. The van der Waals surface area contributed by atoms with Crippen molar-refractivity contribution < 1.29 is 19.1 Å². The Morgan fingerprint density at radius 3 is 1.52 bits per heavy atom. The highest BCUT2D eigenvalue weighted by molar-refractivity contribution is 5.85. The Morgan fingerprint density at radius 2 is 1.22 bits per heavy atom. The van der Waals surface area contributed by atoms with Gasteiger partial charge in [0.2, 0.25) is 0 Å². The highest BCUT2D eigenvalue weighted by Gasteiger charge is 2.58. The van der Waals surface area contributed by atoms with Gasteiger partial charge in [0.15, 0.2) is 0 Å². The number of ether oxygens (including phenoxy) is 2. The van der Waals surface area contributed by atoms with Crippen LogP contribution < -0.4 is 0 Å². The Hall–Kier alpha value is -1.32. The number of allylic oxidation sites excluding steroid dienone is 2. The van der Waals surface area contributed by atoms with Crippen LogP contribution in [0.15, 0.2) is 11.1 Å². The minimum absolute atomic E-state index is 0.176. The Balaban J connectivity index is 2.36. The molecule has 0 aromatic heterocycles. The van der Waals surface area contributed by atoms with E-state index in [1.165, 1.54) is 11.1 Å². The fraction of sp³-hybridized carbons (Fsp3) is 0.789. The van der Waals surface area contributed by atoms with Crippen LogP contribution >= 0.6 is 0 Å². The molecule has 2 aliphatic rings. The van der Waals surface area contributed by atoms with E-state index in [1.54, 1.807) is 0 Å². The second-order valence-corrected chi connectivity index (χ2v) is 6.55. The second-order valence-electron chi connectivity index (χ2n) is 6.55. The van der Waals surface area contributed by atoms with Crippen molar-refractivity contribution in [3.63, 3.8) is 0 Å². The van der Waals surface area contributed by atoms with Crippen LogP contribution in [0.2, 0.25) is 0 Å². The maximum absolute atomic E-state index is 12.5. The summed E-state index contributed by atoms with van der Waals surface area (Å²) in [6, 6.07) is 0. The normalized spacial score (nSPS) is 29.0. The summed E-state index contributed by atoms with van der Waals surface area (Å²) in [5.74, 6) is -0.781. The van der Waals surface area contributed by atoms with Crippen molar-refractivity contribution in [2.24, 2.45) is 23.7 Å². The zero-order valence-electron chi connectivity index (χ0n) is 14.9. The van der Waals surface area contributed by atoms with Crippen LogP contribution in [-0.4, -0.2) is 25.2 Å². The monoisotopic (exact) mass is 322 g/mol. The average Bonchev–Trinajstić information content (AvgIpc) is 3.05. The van der Waals surface area contributed by atoms with Gasteiger partial charge in [-0.2, -0.15) is 0 Å². The molecular formula is C19H30O4. The van der Waals surface area contributed by atoms with E-state index in [4.69, 9.17) is 9.47 Å². The molecule has 0 aromatic carbocycles. The topological polar surface area (TPSA) is 52.6 Å². The zero-order chi connectivity index (χ0) is 17.0. The lowest BCUT2D eigenvalue weighted by molar-refractivity contribution is -0.161. The van der Waals surface area contributed by atoms with Gasteiger partial charge < -0.3 is 9.47 Å². The van der Waals surface area contributed by atoms with Gasteiger partial charge in [-0.05, 0) is 44.9 Å². The first-order chi connectivity index (χ1) is 11.1. The molecule has 23 heavy (non-hydrogen) atoms. The van der Waals surface area contributed by atoms with Crippen molar-refractivity contribution in [3.8, 4) is 0 Å². The fourth-order valence-corrected chi connectivity index (χ4v) is 4.59. The molecule has 2 bridgehead atoms. The first-order valence-electron chi connectivity index (χ1n) is 9.15. The van der Waals surface area contributed by atoms with Gasteiger partial charge in [-0.3, -0.25) is 9.59 Å². The van der Waals surface area contributed by atoms with Gasteiger partial charge in [0.1, 0.15) is 0 Å². The van der Waals surface area contributed by atoms with Crippen LogP contribution in [0.5, 0.6) is 0 Å². The number of carbonyl (C=O) groups excluding carboxylic acids is 2. The summed E-state index contributed by atoms with van der Waals surface area (Å²) in [6.45, 7) is 8.69. The number of rotatable bonds is 8. The van der Waals surface area contributed by atoms with Crippen LogP contribution in [0, 0.1) is 23.7 Å². The number of hydrogen-bond donors (Lipinski definition) is 0. The summed E-state index contributed by atoms with van der Waals surface area (Å²) in [6.07, 6.45) is 5.12. The van der Waals surface area contributed by atoms with E-state index < -0.39 is 0 Å². The number of hydrogen-bond acceptors (Lipinski definition) is 4. The quantitative estimate of drug-likeness (QED) is 0.502. The molecule has 4 atom stereocenters. The van der Waals surface area contributed by atoms with E-state index >= 15 is 0 Å². The first-order valence-corrected chi connectivity index (χ1v) is 9.15. The molecule has 0 aliphatic heterocycles. The van der Waals surface area contributed by atoms with E-state index in [1.807, 2.05) is 13.8 Å². The van der Waals surface area contributed by atoms with Gasteiger partial charge >= 0.3 is 11.9 Å². The smallest absolute Gasteiger partial charge is 0.310 e. The minimum atomic E-state index is -0.346. The maximum Gasteiger partial charge on any atom is 0.310 e. The van der Waals surface area contributed by atoms with Crippen molar-refractivity contribution in [2.45, 2.75) is 59.8 Å². The molecule has 4 heteroatoms. The van der Waals surface area contributed by atoms with Crippen LogP contribution in [0.3, 0.4) is 0 Å². The van der Waals surface area contributed by atoms with E-state index in [-0.39, 0.29) is 35.6 Å². The fourth-order valence-electron chi connectivity index (χ4n) is 4.59. The molecule has 2 aliphatic carbocycles. The predicted octanol–water partition coefficient (Wildman–Crippen LogP) is 3.89. The van der Waals surface area contributed by atoms with E-state index in [9.17, 15) is 9.59 Å². The van der Waals surface area contributed by atoms with Crippen molar-refractivity contribution in [1.29, 1.82) is 0 Å². The molecule has 0 radical (unpaired) electrons. The number of esters is 2. The molecule has 1 fully saturated rings. The van der Waals surface area contributed by atoms with E-state index in [0.717, 1.165) is 32.1 Å². The van der Waals surface area contributed by atoms with Crippen molar-refractivity contribution >= 4 is 11.9 Å². The van der Waals surface area contributed by atoms with Gasteiger partial charge in [0.05, 0.1) is 25.0 Å². The summed E-state index contributed by atoms with van der Waals surface area (Å²) in [7, 11) is 0. The van der Waals surface area contributed by atoms with Gasteiger partial charge in [0.25, 0.3) is 0 Å². The molecule has 0 amide bonds. The van der Waals surface area contributed by atoms with Gasteiger partial charge in [-0.25, -0.2) is 0 Å². The first kappa shape index (κ1) is 18.0. The zero-order valence-corrected chi connectivity index (χ0v) is 14.9. The summed E-state index contributed by atoms with van der Waals surface area (Å²) >= 11 is 0. The highest BCUT2D eigenvalue weighted by atomic mass is 16.5. The summed E-state index contributed by atoms with van der Waals surface area (Å²) in [4.78, 5) is 25.0. The third kappa shape index (κ3) is 3.31. The molecule has 130 valence electrons. The van der Waals surface area contributed by atoms with Gasteiger partial charge in [-0.1, -0.05) is 37.8 Å². The van der Waals surface area contributed by atoms with Gasteiger partial charge in [0, 0.05) is 0 Å². The predicted molar refractivity (Wildman–Crippen MR) is 88.7 cm³/mol. The molecule has 0 aromatic rings. The molecule has 0 saturated heterocycles. The summed E-state index contributed by atoms with van der Waals surface area (Å²) < 4.78 is 10.6. The molecule has 0 spiro atoms. The van der Waals surface area contributed by atoms with Crippen LogP contribution in [0.1, 0.15) is 59.8 Å². The maximum atomic E-state index is 12.5. The molecule has 0 heterocycles. The summed E-state index contributed by atoms with van der Waals surface area (Å²) in [5, 5.41) is 0.